The number of hydrazone groups is 1. The second kappa shape index (κ2) is 7.57. The molecule has 0 radical (unpaired) electrons. The first-order valence-corrected chi connectivity index (χ1v) is 8.08. The predicted molar refractivity (Wildman–Crippen MR) is 86.7 cm³/mol. The molecule has 0 amide bonds. The SMILES string of the molecule is CCOc1ccccc1NN=C1CC(C2OCCO2)CCC1=O. The van der Waals surface area contributed by atoms with E-state index in [1.54, 1.807) is 0 Å². The Morgan fingerprint density at radius 2 is 2.09 bits per heavy atom. The molecule has 1 N–H and O–H groups in total. The molecule has 23 heavy (non-hydrogen) atoms. The zero-order valence-corrected chi connectivity index (χ0v) is 13.3. The van der Waals surface area contributed by atoms with Crippen LogP contribution in [-0.2, 0) is 14.3 Å². The van der Waals surface area contributed by atoms with Crippen LogP contribution >= 0.6 is 0 Å². The van der Waals surface area contributed by atoms with Gasteiger partial charge in [0.1, 0.15) is 11.5 Å². The van der Waals surface area contributed by atoms with Crippen LogP contribution in [0.4, 0.5) is 5.69 Å². The van der Waals surface area contributed by atoms with Gasteiger partial charge in [-0.15, -0.1) is 0 Å². The molecule has 1 atom stereocenters. The number of ketones is 1. The molecule has 2 aliphatic rings. The lowest BCUT2D eigenvalue weighted by atomic mass is 9.86. The maximum Gasteiger partial charge on any atom is 0.178 e. The molecular formula is C17H22N2O4. The fourth-order valence-corrected chi connectivity index (χ4v) is 2.88. The monoisotopic (exact) mass is 318 g/mol. The van der Waals surface area contributed by atoms with Crippen LogP contribution in [0.2, 0.25) is 0 Å². The van der Waals surface area contributed by atoms with E-state index in [9.17, 15) is 4.79 Å². The molecule has 1 aromatic rings. The molecule has 1 heterocycles. The summed E-state index contributed by atoms with van der Waals surface area (Å²) in [6.45, 7) is 3.76. The van der Waals surface area contributed by atoms with Crippen LogP contribution in [0.25, 0.3) is 0 Å². The first-order valence-electron chi connectivity index (χ1n) is 8.08. The molecule has 1 saturated carbocycles. The molecule has 6 heteroatoms. The summed E-state index contributed by atoms with van der Waals surface area (Å²) < 4.78 is 16.7. The van der Waals surface area contributed by atoms with Crippen LogP contribution in [0.3, 0.4) is 0 Å². The largest absolute Gasteiger partial charge is 0.492 e. The van der Waals surface area contributed by atoms with E-state index in [2.05, 4.69) is 10.5 Å². The number of ether oxygens (including phenoxy) is 3. The van der Waals surface area contributed by atoms with E-state index in [4.69, 9.17) is 14.2 Å². The lowest BCUT2D eigenvalue weighted by Crippen LogP contribution is -2.33. The number of anilines is 1. The molecule has 1 aliphatic carbocycles. The number of nitrogens with one attached hydrogen (secondary N) is 1. The highest BCUT2D eigenvalue weighted by Gasteiger charge is 2.33. The van der Waals surface area contributed by atoms with Gasteiger partial charge in [-0.2, -0.15) is 5.10 Å². The third-order valence-electron chi connectivity index (χ3n) is 4.05. The van der Waals surface area contributed by atoms with E-state index in [0.717, 1.165) is 17.9 Å². The third-order valence-corrected chi connectivity index (χ3v) is 4.05. The highest BCUT2D eigenvalue weighted by atomic mass is 16.7. The van der Waals surface area contributed by atoms with Gasteiger partial charge in [-0.05, 0) is 25.5 Å². The second-order valence-electron chi connectivity index (χ2n) is 5.64. The number of para-hydroxylation sites is 2. The van der Waals surface area contributed by atoms with Gasteiger partial charge in [-0.25, -0.2) is 0 Å². The van der Waals surface area contributed by atoms with Crippen LogP contribution in [0.15, 0.2) is 29.4 Å². The minimum absolute atomic E-state index is 0.0839. The summed E-state index contributed by atoms with van der Waals surface area (Å²) in [5, 5.41) is 4.33. The topological polar surface area (TPSA) is 69.2 Å². The van der Waals surface area contributed by atoms with Gasteiger partial charge in [0.15, 0.2) is 12.1 Å². The standard InChI is InChI=1S/C17H22N2O4/c1-2-21-16-6-4-3-5-13(16)18-19-14-11-12(7-8-15(14)20)17-22-9-10-23-17/h3-6,12,17-18H,2,7-11H2,1H3. The Morgan fingerprint density at radius 3 is 2.87 bits per heavy atom. The Bertz CT molecular complexity index is 582. The number of Topliss-reactive ketones (excluding diaryl/α,β-unsaturated/α-hetero) is 1. The van der Waals surface area contributed by atoms with Crippen molar-refractivity contribution in [3.05, 3.63) is 24.3 Å². The van der Waals surface area contributed by atoms with Crippen molar-refractivity contribution in [2.24, 2.45) is 11.0 Å². The van der Waals surface area contributed by atoms with E-state index in [0.29, 0.717) is 38.4 Å². The number of nitrogens with zero attached hydrogens (tertiary/aromatic N) is 1. The summed E-state index contributed by atoms with van der Waals surface area (Å²) in [5.41, 5.74) is 4.27. The van der Waals surface area contributed by atoms with E-state index >= 15 is 0 Å². The van der Waals surface area contributed by atoms with Crippen LogP contribution in [0.1, 0.15) is 26.2 Å². The highest BCUT2D eigenvalue weighted by Crippen LogP contribution is 2.29. The molecule has 0 spiro atoms. The van der Waals surface area contributed by atoms with Crippen molar-refractivity contribution in [1.82, 2.24) is 0 Å². The van der Waals surface area contributed by atoms with Gasteiger partial charge < -0.3 is 14.2 Å². The van der Waals surface area contributed by atoms with Crippen molar-refractivity contribution in [3.63, 3.8) is 0 Å². The Labute approximate surface area is 135 Å². The maximum absolute atomic E-state index is 12.1. The smallest absolute Gasteiger partial charge is 0.178 e. The number of hydrogen-bond donors (Lipinski definition) is 1. The molecule has 6 nitrogen and oxygen atoms in total. The number of carbonyl (C=O) groups excluding carboxylic acids is 1. The van der Waals surface area contributed by atoms with Crippen molar-refractivity contribution in [2.75, 3.05) is 25.2 Å². The fourth-order valence-electron chi connectivity index (χ4n) is 2.88. The van der Waals surface area contributed by atoms with Gasteiger partial charge in [0.05, 0.1) is 25.5 Å². The van der Waals surface area contributed by atoms with E-state index < -0.39 is 0 Å². The minimum Gasteiger partial charge on any atom is -0.492 e. The van der Waals surface area contributed by atoms with Crippen molar-refractivity contribution in [3.8, 4) is 5.75 Å². The number of rotatable bonds is 5. The highest BCUT2D eigenvalue weighted by molar-refractivity contribution is 6.40. The molecule has 3 rings (SSSR count). The molecule has 1 aliphatic heterocycles. The average molecular weight is 318 g/mol. The summed E-state index contributed by atoms with van der Waals surface area (Å²) in [6, 6.07) is 7.55. The molecule has 0 aromatic heterocycles. The summed E-state index contributed by atoms with van der Waals surface area (Å²) in [4.78, 5) is 12.1. The maximum atomic E-state index is 12.1. The molecule has 0 bridgehead atoms. The van der Waals surface area contributed by atoms with Crippen molar-refractivity contribution in [1.29, 1.82) is 0 Å². The Kier molecular flexibility index (Phi) is 5.25. The summed E-state index contributed by atoms with van der Waals surface area (Å²) in [6.07, 6.45) is 1.65. The lowest BCUT2D eigenvalue weighted by molar-refractivity contribution is -0.117. The summed E-state index contributed by atoms with van der Waals surface area (Å²) >= 11 is 0. The average Bonchev–Trinajstić information content (AvgIpc) is 3.10. The third kappa shape index (κ3) is 3.89. The van der Waals surface area contributed by atoms with Gasteiger partial charge in [0, 0.05) is 18.8 Å². The van der Waals surface area contributed by atoms with Crippen molar-refractivity contribution >= 4 is 17.2 Å². The van der Waals surface area contributed by atoms with Crippen LogP contribution in [-0.4, -0.2) is 37.6 Å². The van der Waals surface area contributed by atoms with E-state index in [-0.39, 0.29) is 18.0 Å². The van der Waals surface area contributed by atoms with Gasteiger partial charge in [0.2, 0.25) is 0 Å². The number of hydrogen-bond acceptors (Lipinski definition) is 6. The van der Waals surface area contributed by atoms with E-state index in [1.165, 1.54) is 0 Å². The van der Waals surface area contributed by atoms with Crippen molar-refractivity contribution < 1.29 is 19.0 Å². The van der Waals surface area contributed by atoms with Gasteiger partial charge >= 0.3 is 0 Å². The van der Waals surface area contributed by atoms with E-state index in [1.807, 2.05) is 31.2 Å². The Morgan fingerprint density at radius 1 is 1.30 bits per heavy atom. The first-order chi connectivity index (χ1) is 11.3. The van der Waals surface area contributed by atoms with Crippen LogP contribution in [0, 0.1) is 5.92 Å². The lowest BCUT2D eigenvalue weighted by Gasteiger charge is -2.26. The molecule has 124 valence electrons. The fraction of sp³-hybridized carbons (Fsp3) is 0.529. The Balaban J connectivity index is 1.69. The minimum atomic E-state index is -0.205. The zero-order valence-electron chi connectivity index (χ0n) is 13.3. The zero-order chi connectivity index (χ0) is 16.1. The molecule has 1 saturated heterocycles. The van der Waals surface area contributed by atoms with Crippen LogP contribution < -0.4 is 10.2 Å². The van der Waals surface area contributed by atoms with Gasteiger partial charge in [0.25, 0.3) is 0 Å². The molecule has 1 unspecified atom stereocenters. The normalized spacial score (nSPS) is 24.1. The molecular weight excluding hydrogens is 296 g/mol. The van der Waals surface area contributed by atoms with Gasteiger partial charge in [-0.3, -0.25) is 10.2 Å². The first kappa shape index (κ1) is 16.0. The Hall–Kier alpha value is -1.92. The number of carbonyl (C=O) groups is 1. The summed E-state index contributed by atoms with van der Waals surface area (Å²) in [7, 11) is 0. The molecule has 1 aromatic carbocycles. The quantitative estimate of drug-likeness (QED) is 0.845. The second-order valence-corrected chi connectivity index (χ2v) is 5.64. The van der Waals surface area contributed by atoms with Crippen LogP contribution in [0.5, 0.6) is 5.75 Å². The predicted octanol–water partition coefficient (Wildman–Crippen LogP) is 2.60. The van der Waals surface area contributed by atoms with Gasteiger partial charge in [-0.1, -0.05) is 12.1 Å². The van der Waals surface area contributed by atoms with Crippen molar-refractivity contribution in [2.45, 2.75) is 32.5 Å². The molecule has 2 fully saturated rings. The summed E-state index contributed by atoms with van der Waals surface area (Å²) in [5.74, 6) is 1.00. The number of benzene rings is 1.